The van der Waals surface area contributed by atoms with Crippen molar-refractivity contribution in [2.75, 3.05) is 0 Å². The van der Waals surface area contributed by atoms with Crippen LogP contribution in [-0.2, 0) is 13.2 Å². The molecule has 0 bridgehead atoms. The monoisotopic (exact) mass is 233 g/mol. The van der Waals surface area contributed by atoms with E-state index in [0.717, 1.165) is 23.9 Å². The van der Waals surface area contributed by atoms with Crippen LogP contribution in [0.2, 0.25) is 0 Å². The molecule has 0 aliphatic heterocycles. The van der Waals surface area contributed by atoms with Gasteiger partial charge in [-0.15, -0.1) is 0 Å². The number of nitrogens with one attached hydrogen (secondary N) is 1. The van der Waals surface area contributed by atoms with E-state index in [0.29, 0.717) is 6.04 Å². The summed E-state index contributed by atoms with van der Waals surface area (Å²) in [4.78, 5) is 0. The maximum absolute atomic E-state index is 8.98. The molecule has 2 N–H and O–H groups in total. The Bertz CT molecular complexity index is 346. The molecule has 1 aromatic carbocycles. The molecule has 2 heteroatoms. The topological polar surface area (TPSA) is 32.3 Å². The first-order valence-corrected chi connectivity index (χ1v) is 6.62. The summed E-state index contributed by atoms with van der Waals surface area (Å²) in [6.07, 6.45) is 2.65. The van der Waals surface area contributed by atoms with Crippen LogP contribution in [0.15, 0.2) is 24.3 Å². The molecule has 0 aromatic heterocycles. The molecular formula is C15H23NO. The lowest BCUT2D eigenvalue weighted by Gasteiger charge is -2.19. The third kappa shape index (κ3) is 3.08. The summed E-state index contributed by atoms with van der Waals surface area (Å²) in [5, 5.41) is 12.6. The van der Waals surface area contributed by atoms with Crippen LogP contribution >= 0.6 is 0 Å². The van der Waals surface area contributed by atoms with E-state index >= 15 is 0 Å². The van der Waals surface area contributed by atoms with Gasteiger partial charge in [-0.2, -0.15) is 0 Å². The fraction of sp³-hybridized carbons (Fsp3) is 0.600. The van der Waals surface area contributed by atoms with Gasteiger partial charge in [-0.05, 0) is 35.8 Å². The fourth-order valence-corrected chi connectivity index (χ4v) is 2.66. The maximum atomic E-state index is 8.98. The van der Waals surface area contributed by atoms with Gasteiger partial charge < -0.3 is 10.4 Å². The van der Waals surface area contributed by atoms with Crippen molar-refractivity contribution in [3.8, 4) is 0 Å². The minimum Gasteiger partial charge on any atom is -0.392 e. The standard InChI is InChI=1S/C15H23NO/c1-11-3-8-15(12(11)2)16-9-13-4-6-14(10-17)7-5-13/h4-7,11-12,15-17H,3,8-10H2,1-2H3. The molecule has 0 radical (unpaired) electrons. The van der Waals surface area contributed by atoms with Crippen molar-refractivity contribution in [2.24, 2.45) is 11.8 Å². The third-order valence-electron chi connectivity index (χ3n) is 4.24. The Labute approximate surface area is 104 Å². The minimum absolute atomic E-state index is 0.130. The highest BCUT2D eigenvalue weighted by Gasteiger charge is 2.28. The van der Waals surface area contributed by atoms with Crippen LogP contribution in [0.5, 0.6) is 0 Å². The lowest BCUT2D eigenvalue weighted by molar-refractivity contribution is 0.282. The van der Waals surface area contributed by atoms with Gasteiger partial charge in [0.2, 0.25) is 0 Å². The smallest absolute Gasteiger partial charge is 0.0681 e. The molecule has 2 rings (SSSR count). The largest absolute Gasteiger partial charge is 0.392 e. The average molecular weight is 233 g/mol. The predicted octanol–water partition coefficient (Wildman–Crippen LogP) is 2.70. The fourth-order valence-electron chi connectivity index (χ4n) is 2.66. The van der Waals surface area contributed by atoms with Gasteiger partial charge in [0.25, 0.3) is 0 Å². The third-order valence-corrected chi connectivity index (χ3v) is 4.24. The van der Waals surface area contributed by atoms with Gasteiger partial charge in [0.1, 0.15) is 0 Å². The van der Waals surface area contributed by atoms with E-state index in [1.807, 2.05) is 12.1 Å². The molecule has 94 valence electrons. The SMILES string of the molecule is CC1CCC(NCc2ccc(CO)cc2)C1C. The van der Waals surface area contributed by atoms with Gasteiger partial charge in [-0.1, -0.05) is 38.1 Å². The molecule has 3 unspecified atom stereocenters. The van der Waals surface area contributed by atoms with Crippen LogP contribution in [-0.4, -0.2) is 11.1 Å². The Morgan fingerprint density at radius 3 is 2.29 bits per heavy atom. The van der Waals surface area contributed by atoms with Crippen LogP contribution in [0.1, 0.15) is 37.8 Å². The second kappa shape index (κ2) is 5.65. The zero-order chi connectivity index (χ0) is 12.3. The van der Waals surface area contributed by atoms with Crippen molar-refractivity contribution in [2.45, 2.75) is 45.9 Å². The van der Waals surface area contributed by atoms with Crippen molar-refractivity contribution in [3.63, 3.8) is 0 Å². The van der Waals surface area contributed by atoms with E-state index < -0.39 is 0 Å². The lowest BCUT2D eigenvalue weighted by Crippen LogP contribution is -2.31. The van der Waals surface area contributed by atoms with Crippen molar-refractivity contribution >= 4 is 0 Å². The average Bonchev–Trinajstić information content (AvgIpc) is 2.68. The molecule has 3 atom stereocenters. The van der Waals surface area contributed by atoms with Gasteiger partial charge in [0.05, 0.1) is 6.61 Å². The lowest BCUT2D eigenvalue weighted by atomic mass is 9.97. The highest BCUT2D eigenvalue weighted by Crippen LogP contribution is 2.31. The number of hydrogen-bond donors (Lipinski definition) is 2. The molecule has 0 saturated heterocycles. The Balaban J connectivity index is 1.85. The quantitative estimate of drug-likeness (QED) is 0.838. The molecular weight excluding hydrogens is 210 g/mol. The first-order chi connectivity index (χ1) is 8.20. The van der Waals surface area contributed by atoms with Crippen LogP contribution in [0.4, 0.5) is 0 Å². The van der Waals surface area contributed by atoms with Gasteiger partial charge in [-0.25, -0.2) is 0 Å². The number of hydrogen-bond acceptors (Lipinski definition) is 2. The van der Waals surface area contributed by atoms with Crippen LogP contribution < -0.4 is 5.32 Å². The Kier molecular flexibility index (Phi) is 4.19. The molecule has 0 amide bonds. The van der Waals surface area contributed by atoms with E-state index in [1.165, 1.54) is 18.4 Å². The van der Waals surface area contributed by atoms with Crippen LogP contribution in [0.3, 0.4) is 0 Å². The summed E-state index contributed by atoms with van der Waals surface area (Å²) >= 11 is 0. The molecule has 17 heavy (non-hydrogen) atoms. The zero-order valence-corrected chi connectivity index (χ0v) is 10.8. The molecule has 1 aliphatic rings. The Hall–Kier alpha value is -0.860. The summed E-state index contributed by atoms with van der Waals surface area (Å²) in [6, 6.07) is 8.86. The highest BCUT2D eigenvalue weighted by atomic mass is 16.3. The summed E-state index contributed by atoms with van der Waals surface area (Å²) in [7, 11) is 0. The molecule has 1 aromatic rings. The first-order valence-electron chi connectivity index (χ1n) is 6.62. The minimum atomic E-state index is 0.130. The van der Waals surface area contributed by atoms with Crippen LogP contribution in [0.25, 0.3) is 0 Å². The summed E-state index contributed by atoms with van der Waals surface area (Å²) in [5.41, 5.74) is 2.28. The summed E-state index contributed by atoms with van der Waals surface area (Å²) in [5.74, 6) is 1.64. The van der Waals surface area contributed by atoms with Crippen molar-refractivity contribution < 1.29 is 5.11 Å². The van der Waals surface area contributed by atoms with E-state index in [9.17, 15) is 0 Å². The summed E-state index contributed by atoms with van der Waals surface area (Å²) in [6.45, 7) is 5.77. The number of rotatable bonds is 4. The molecule has 2 nitrogen and oxygen atoms in total. The molecule has 1 saturated carbocycles. The zero-order valence-electron chi connectivity index (χ0n) is 10.8. The van der Waals surface area contributed by atoms with E-state index in [1.54, 1.807) is 0 Å². The molecule has 0 spiro atoms. The summed E-state index contributed by atoms with van der Waals surface area (Å²) < 4.78 is 0. The van der Waals surface area contributed by atoms with Gasteiger partial charge in [0.15, 0.2) is 0 Å². The Morgan fingerprint density at radius 2 is 1.76 bits per heavy atom. The van der Waals surface area contributed by atoms with E-state index in [4.69, 9.17) is 5.11 Å². The highest BCUT2D eigenvalue weighted by molar-refractivity contribution is 5.21. The normalized spacial score (nSPS) is 28.5. The van der Waals surface area contributed by atoms with Gasteiger partial charge in [-0.3, -0.25) is 0 Å². The van der Waals surface area contributed by atoms with Crippen molar-refractivity contribution in [1.82, 2.24) is 5.32 Å². The molecule has 1 aliphatic carbocycles. The number of aliphatic hydroxyl groups excluding tert-OH is 1. The van der Waals surface area contributed by atoms with Crippen LogP contribution in [0, 0.1) is 11.8 Å². The molecule has 0 heterocycles. The first kappa shape index (κ1) is 12.6. The second-order valence-electron chi connectivity index (χ2n) is 5.38. The van der Waals surface area contributed by atoms with Gasteiger partial charge in [0, 0.05) is 12.6 Å². The molecule has 1 fully saturated rings. The van der Waals surface area contributed by atoms with Crippen molar-refractivity contribution in [3.05, 3.63) is 35.4 Å². The Morgan fingerprint density at radius 1 is 1.12 bits per heavy atom. The predicted molar refractivity (Wildman–Crippen MR) is 70.6 cm³/mol. The van der Waals surface area contributed by atoms with Crippen molar-refractivity contribution in [1.29, 1.82) is 0 Å². The second-order valence-corrected chi connectivity index (χ2v) is 5.38. The maximum Gasteiger partial charge on any atom is 0.0681 e. The van der Waals surface area contributed by atoms with E-state index in [2.05, 4.69) is 31.3 Å². The number of aliphatic hydroxyl groups is 1. The number of benzene rings is 1. The van der Waals surface area contributed by atoms with Gasteiger partial charge >= 0.3 is 0 Å². The van der Waals surface area contributed by atoms with E-state index in [-0.39, 0.29) is 6.61 Å².